The summed E-state index contributed by atoms with van der Waals surface area (Å²) in [7, 11) is 1.25. The molecule has 0 radical (unpaired) electrons. The number of carboxylic acid groups (broad SMARTS) is 1. The topological polar surface area (TPSA) is 130 Å². The van der Waals surface area contributed by atoms with Crippen molar-refractivity contribution in [3.63, 3.8) is 0 Å². The molecule has 0 saturated carbocycles. The maximum absolute atomic E-state index is 10.8. The Morgan fingerprint density at radius 1 is 1.00 bits per heavy atom. The molecule has 0 fully saturated rings. The van der Waals surface area contributed by atoms with Crippen LogP contribution in [0.25, 0.3) is 0 Å². The molecule has 2 aromatic heterocycles. The van der Waals surface area contributed by atoms with E-state index in [4.69, 9.17) is 15.3 Å². The van der Waals surface area contributed by atoms with Crippen molar-refractivity contribution in [1.29, 1.82) is 0 Å². The van der Waals surface area contributed by atoms with Gasteiger partial charge in [-0.1, -0.05) is 0 Å². The smallest absolute Gasteiger partial charge is 0.341 e. The summed E-state index contributed by atoms with van der Waals surface area (Å²) < 4.78 is 4.39. The van der Waals surface area contributed by atoms with Gasteiger partial charge in [-0.2, -0.15) is 0 Å². The van der Waals surface area contributed by atoms with E-state index in [0.717, 1.165) is 6.20 Å². The Morgan fingerprint density at radius 3 is 1.81 bits per heavy atom. The molecule has 2 rings (SSSR count). The lowest BCUT2D eigenvalue weighted by molar-refractivity contribution is 0.0596. The summed E-state index contributed by atoms with van der Waals surface area (Å²) in [5.41, 5.74) is -0.00231. The molecule has 2 aromatic rings. The number of nitrogens with zero attached hydrogens (tertiary/aromatic N) is 2. The van der Waals surface area contributed by atoms with Gasteiger partial charge in [0.25, 0.3) is 0 Å². The highest BCUT2D eigenvalue weighted by Crippen LogP contribution is 2.14. The van der Waals surface area contributed by atoms with Crippen LogP contribution < -0.4 is 0 Å². The van der Waals surface area contributed by atoms with E-state index in [2.05, 4.69) is 14.7 Å². The second kappa shape index (κ2) is 7.43. The summed E-state index contributed by atoms with van der Waals surface area (Å²) in [5, 5.41) is 26.3. The van der Waals surface area contributed by atoms with Crippen LogP contribution in [0.2, 0.25) is 0 Å². The zero-order chi connectivity index (χ0) is 15.8. The summed E-state index contributed by atoms with van der Waals surface area (Å²) in [6, 6.07) is 2.62. The Bertz CT molecular complexity index is 644. The van der Waals surface area contributed by atoms with Crippen LogP contribution in [0.4, 0.5) is 0 Å². The van der Waals surface area contributed by atoms with Gasteiger partial charge in [-0.25, -0.2) is 9.59 Å². The van der Waals surface area contributed by atoms with Crippen molar-refractivity contribution in [2.75, 3.05) is 7.11 Å². The van der Waals surface area contributed by atoms with Crippen LogP contribution in [0.3, 0.4) is 0 Å². The third-order valence-corrected chi connectivity index (χ3v) is 2.24. The molecule has 0 saturated heterocycles. The van der Waals surface area contributed by atoms with Crippen LogP contribution in [-0.4, -0.2) is 44.3 Å². The molecule has 2 heterocycles. The third kappa shape index (κ3) is 4.46. The van der Waals surface area contributed by atoms with Crippen LogP contribution in [0, 0.1) is 0 Å². The molecule has 0 unspecified atom stereocenters. The predicted octanol–water partition coefficient (Wildman–Crippen LogP) is 1.06. The normalized spacial score (nSPS) is 9.19. The number of hydrogen-bond acceptors (Lipinski definition) is 7. The van der Waals surface area contributed by atoms with E-state index in [1.807, 2.05) is 0 Å². The highest BCUT2D eigenvalue weighted by molar-refractivity contribution is 5.92. The van der Waals surface area contributed by atoms with Crippen LogP contribution >= 0.6 is 0 Å². The van der Waals surface area contributed by atoms with Gasteiger partial charge >= 0.3 is 11.9 Å². The van der Waals surface area contributed by atoms with Gasteiger partial charge in [0.2, 0.25) is 0 Å². The minimum atomic E-state index is -1.15. The van der Waals surface area contributed by atoms with Gasteiger partial charge in [0.05, 0.1) is 19.5 Å². The molecule has 110 valence electrons. The minimum Gasteiger partial charge on any atom is -0.505 e. The van der Waals surface area contributed by atoms with Crippen molar-refractivity contribution in [2.45, 2.75) is 0 Å². The van der Waals surface area contributed by atoms with Gasteiger partial charge in [-0.05, 0) is 12.1 Å². The zero-order valence-electron chi connectivity index (χ0n) is 10.9. The lowest BCUT2D eigenvalue weighted by Gasteiger charge is -1.99. The molecule has 3 N–H and O–H groups in total. The number of pyridine rings is 2. The fraction of sp³-hybridized carbons (Fsp3) is 0.0769. The van der Waals surface area contributed by atoms with Crippen molar-refractivity contribution >= 4 is 11.9 Å². The first-order valence-electron chi connectivity index (χ1n) is 5.55. The first-order chi connectivity index (χ1) is 9.97. The molecule has 0 amide bonds. The molecule has 0 aliphatic carbocycles. The molecule has 0 atom stereocenters. The molecule has 0 spiro atoms. The van der Waals surface area contributed by atoms with Crippen LogP contribution in [0.15, 0.2) is 36.9 Å². The Balaban J connectivity index is 0.000000211. The van der Waals surface area contributed by atoms with Crippen LogP contribution in [0.1, 0.15) is 20.7 Å². The van der Waals surface area contributed by atoms with Crippen LogP contribution in [-0.2, 0) is 4.74 Å². The Kier molecular flexibility index (Phi) is 5.63. The van der Waals surface area contributed by atoms with Crippen molar-refractivity contribution < 1.29 is 29.6 Å². The number of hydrogen-bond donors (Lipinski definition) is 3. The lowest BCUT2D eigenvalue weighted by atomic mass is 10.2. The number of carbonyl (C=O) groups is 2. The molecule has 0 aromatic carbocycles. The first kappa shape index (κ1) is 15.9. The van der Waals surface area contributed by atoms with Crippen molar-refractivity contribution in [1.82, 2.24) is 9.97 Å². The molecule has 8 heteroatoms. The Morgan fingerprint density at radius 2 is 1.48 bits per heavy atom. The largest absolute Gasteiger partial charge is 0.505 e. The number of carbonyl (C=O) groups excluding carboxylic acids is 1. The Hall–Kier alpha value is -3.16. The van der Waals surface area contributed by atoms with Gasteiger partial charge in [0.1, 0.15) is 22.6 Å². The van der Waals surface area contributed by atoms with Gasteiger partial charge in [0, 0.05) is 12.4 Å². The molecule has 0 aliphatic rings. The highest BCUT2D eigenvalue weighted by Gasteiger charge is 2.09. The van der Waals surface area contributed by atoms with Gasteiger partial charge in [0.15, 0.2) is 0 Å². The number of aromatic hydroxyl groups is 2. The number of methoxy groups -OCH3 is 1. The maximum Gasteiger partial charge on any atom is 0.341 e. The second-order valence-electron chi connectivity index (χ2n) is 3.58. The van der Waals surface area contributed by atoms with E-state index in [1.165, 1.54) is 37.8 Å². The monoisotopic (exact) mass is 292 g/mol. The molecule has 21 heavy (non-hydrogen) atoms. The lowest BCUT2D eigenvalue weighted by Crippen LogP contribution is -2.01. The van der Waals surface area contributed by atoms with E-state index in [-0.39, 0.29) is 22.6 Å². The van der Waals surface area contributed by atoms with Gasteiger partial charge in [-0.15, -0.1) is 0 Å². The number of esters is 1. The maximum atomic E-state index is 10.8. The average molecular weight is 292 g/mol. The fourth-order valence-electron chi connectivity index (χ4n) is 1.24. The van der Waals surface area contributed by atoms with Crippen molar-refractivity contribution in [3.05, 3.63) is 48.0 Å². The average Bonchev–Trinajstić information content (AvgIpc) is 2.48. The Labute approximate surface area is 119 Å². The summed E-state index contributed by atoms with van der Waals surface area (Å²) in [6.07, 6.45) is 4.99. The van der Waals surface area contributed by atoms with E-state index >= 15 is 0 Å². The highest BCUT2D eigenvalue weighted by atomic mass is 16.5. The fourth-order valence-corrected chi connectivity index (χ4v) is 1.24. The van der Waals surface area contributed by atoms with Gasteiger partial charge in [-0.3, -0.25) is 9.97 Å². The summed E-state index contributed by atoms with van der Waals surface area (Å²) in [5.74, 6) is -2.20. The number of rotatable bonds is 2. The first-order valence-corrected chi connectivity index (χ1v) is 5.55. The standard InChI is InChI=1S/C7H7NO3.C6H5NO3/c1-11-7(10)5-2-3-8-4-6(5)9;8-5-3-7-2-1-4(5)6(9)10/h2-4,9H,1H3;1-3,8H,(H,9,10). The van der Waals surface area contributed by atoms with Crippen molar-refractivity contribution in [3.8, 4) is 11.5 Å². The molecule has 8 nitrogen and oxygen atoms in total. The van der Waals surface area contributed by atoms with E-state index < -0.39 is 11.9 Å². The zero-order valence-corrected chi connectivity index (χ0v) is 10.9. The number of ether oxygens (including phenoxy) is 1. The number of aromatic carboxylic acids is 1. The third-order valence-electron chi connectivity index (χ3n) is 2.24. The van der Waals surface area contributed by atoms with E-state index in [1.54, 1.807) is 0 Å². The summed E-state index contributed by atoms with van der Waals surface area (Å²) in [6.45, 7) is 0. The molecular formula is C13H12N2O6. The van der Waals surface area contributed by atoms with Gasteiger partial charge < -0.3 is 20.1 Å². The summed E-state index contributed by atoms with van der Waals surface area (Å²) >= 11 is 0. The van der Waals surface area contributed by atoms with Crippen LogP contribution in [0.5, 0.6) is 11.5 Å². The van der Waals surface area contributed by atoms with Crippen molar-refractivity contribution in [2.24, 2.45) is 0 Å². The SMILES string of the molecule is COC(=O)c1ccncc1O.O=C(O)c1ccncc1O. The predicted molar refractivity (Wildman–Crippen MR) is 70.1 cm³/mol. The number of carboxylic acids is 1. The number of aromatic nitrogens is 2. The quantitative estimate of drug-likeness (QED) is 0.700. The minimum absolute atomic E-state index is 0.127. The summed E-state index contributed by atoms with van der Waals surface area (Å²) in [4.78, 5) is 28.2. The second-order valence-corrected chi connectivity index (χ2v) is 3.58. The molecule has 0 aliphatic heterocycles. The molecular weight excluding hydrogens is 280 g/mol. The molecule has 0 bridgehead atoms. The van der Waals surface area contributed by atoms with E-state index in [9.17, 15) is 9.59 Å². The van der Waals surface area contributed by atoms with E-state index in [0.29, 0.717) is 0 Å².